The van der Waals surface area contributed by atoms with Crippen LogP contribution in [-0.2, 0) is 32.0 Å². The zero-order valence-electron chi connectivity index (χ0n) is 19.4. The van der Waals surface area contributed by atoms with Crippen LogP contribution in [0.4, 0.5) is 5.82 Å². The Morgan fingerprint density at radius 1 is 1.15 bits per heavy atom. The molecule has 0 amide bonds. The van der Waals surface area contributed by atoms with E-state index in [0.717, 1.165) is 4.57 Å². The maximum absolute atomic E-state index is 12.3. The third kappa shape index (κ3) is 10.6. The summed E-state index contributed by atoms with van der Waals surface area (Å²) in [5.74, 6) is -0.0171. The van der Waals surface area contributed by atoms with E-state index in [1.807, 2.05) is 0 Å². The molecule has 0 aliphatic carbocycles. The van der Waals surface area contributed by atoms with Crippen LogP contribution in [0.15, 0.2) is 17.1 Å². The predicted molar refractivity (Wildman–Crippen MR) is 119 cm³/mol. The summed E-state index contributed by atoms with van der Waals surface area (Å²) in [5.41, 5.74) is 4.80. The van der Waals surface area contributed by atoms with Gasteiger partial charge in [0.1, 0.15) is 24.3 Å². The average molecular weight is 522 g/mol. The number of phosphoric acid groups is 2. The van der Waals surface area contributed by atoms with Crippen molar-refractivity contribution >= 4 is 51.0 Å². The molecule has 1 radical (unpaired) electrons. The van der Waals surface area contributed by atoms with Crippen molar-refractivity contribution in [2.45, 2.75) is 52.6 Å². The van der Waals surface area contributed by atoms with Gasteiger partial charge in [-0.15, -0.1) is 0 Å². The molecule has 0 spiro atoms. The van der Waals surface area contributed by atoms with Crippen molar-refractivity contribution in [1.29, 1.82) is 0 Å². The van der Waals surface area contributed by atoms with Crippen molar-refractivity contribution in [2.24, 2.45) is 11.8 Å². The standard InChI is InChI=1S/C17H31N3O10P2.Na/c1-11(2)8-26-31(22,23)28-10-14-13(30-32(24,25)27-9-12(3)4)7-16(29-14)20-6-5-15(18)19-17(20)21;/h5-6,11-14,16H,7-10H2,1-4H3,(H,22,23)(H,24,25)(H2,18,19,21);/t13-,14+,16+;/m0./s1. The number of phosphoric ester groups is 2. The summed E-state index contributed by atoms with van der Waals surface area (Å²) in [7, 11) is -8.89. The number of hydrogen-bond donors (Lipinski definition) is 3. The molecule has 0 aromatic carbocycles. The number of nitrogens with two attached hydrogens (primary N) is 1. The Balaban J connectivity index is 0.00000544. The molecule has 13 nitrogen and oxygen atoms in total. The van der Waals surface area contributed by atoms with E-state index in [1.54, 1.807) is 27.7 Å². The van der Waals surface area contributed by atoms with Crippen LogP contribution in [0.1, 0.15) is 40.3 Å². The fraction of sp³-hybridized carbons (Fsp3) is 0.765. The van der Waals surface area contributed by atoms with E-state index >= 15 is 0 Å². The number of anilines is 1. The van der Waals surface area contributed by atoms with Crippen molar-refractivity contribution in [3.63, 3.8) is 0 Å². The second-order valence-corrected chi connectivity index (χ2v) is 11.0. The van der Waals surface area contributed by atoms with Gasteiger partial charge in [0.25, 0.3) is 0 Å². The van der Waals surface area contributed by atoms with Crippen molar-refractivity contribution < 1.29 is 41.7 Å². The number of ether oxygens (including phenoxy) is 1. The Hall–Kier alpha value is -0.140. The first-order valence-corrected chi connectivity index (χ1v) is 13.0. The van der Waals surface area contributed by atoms with E-state index < -0.39 is 46.4 Å². The Morgan fingerprint density at radius 3 is 2.27 bits per heavy atom. The zero-order chi connectivity index (χ0) is 24.1. The van der Waals surface area contributed by atoms with Crippen LogP contribution in [0.3, 0.4) is 0 Å². The molecule has 0 bridgehead atoms. The monoisotopic (exact) mass is 522 g/mol. The Bertz CT molecular complexity index is 915. The van der Waals surface area contributed by atoms with Crippen LogP contribution < -0.4 is 11.4 Å². The summed E-state index contributed by atoms with van der Waals surface area (Å²) in [6.07, 6.45) is -1.84. The van der Waals surface area contributed by atoms with E-state index in [2.05, 4.69) is 4.98 Å². The largest absolute Gasteiger partial charge is 0.472 e. The zero-order valence-corrected chi connectivity index (χ0v) is 23.2. The Kier molecular flexibility index (Phi) is 12.4. The molecule has 2 rings (SSSR count). The maximum Gasteiger partial charge on any atom is 0.472 e. The molecule has 16 heteroatoms. The number of aromatic nitrogens is 2. The minimum Gasteiger partial charge on any atom is -0.383 e. The first-order valence-electron chi connectivity index (χ1n) is 10.1. The summed E-state index contributed by atoms with van der Waals surface area (Å²) < 4.78 is 51.4. The van der Waals surface area contributed by atoms with Gasteiger partial charge in [0.2, 0.25) is 0 Å². The summed E-state index contributed by atoms with van der Waals surface area (Å²) >= 11 is 0. The molecule has 0 saturated carbocycles. The average Bonchev–Trinajstić information content (AvgIpc) is 3.05. The van der Waals surface area contributed by atoms with Crippen LogP contribution in [0, 0.1) is 11.8 Å². The van der Waals surface area contributed by atoms with Gasteiger partial charge in [0.15, 0.2) is 0 Å². The van der Waals surface area contributed by atoms with Gasteiger partial charge in [0.05, 0.1) is 19.8 Å². The summed E-state index contributed by atoms with van der Waals surface area (Å²) in [4.78, 5) is 35.7. The molecular formula is C17H31N3NaO10P2. The molecule has 5 atom stereocenters. The van der Waals surface area contributed by atoms with Crippen LogP contribution in [0.25, 0.3) is 0 Å². The molecule has 1 saturated heterocycles. The van der Waals surface area contributed by atoms with Gasteiger partial charge in [0, 0.05) is 42.2 Å². The van der Waals surface area contributed by atoms with Crippen LogP contribution >= 0.6 is 15.6 Å². The molecule has 1 aromatic rings. The summed E-state index contributed by atoms with van der Waals surface area (Å²) in [6, 6.07) is 1.38. The third-order valence-corrected chi connectivity index (χ3v) is 6.12. The van der Waals surface area contributed by atoms with Crippen molar-refractivity contribution in [3.8, 4) is 0 Å². The molecule has 1 aliphatic heterocycles. The molecule has 2 unspecified atom stereocenters. The fourth-order valence-electron chi connectivity index (χ4n) is 2.67. The normalized spacial score (nSPS) is 24.4. The Labute approximate surface area is 214 Å². The molecule has 1 aromatic heterocycles. The second kappa shape index (κ2) is 13.2. The molecule has 33 heavy (non-hydrogen) atoms. The van der Waals surface area contributed by atoms with Gasteiger partial charge in [-0.1, -0.05) is 27.7 Å². The van der Waals surface area contributed by atoms with Gasteiger partial charge in [-0.25, -0.2) is 13.9 Å². The first kappa shape index (κ1) is 30.9. The van der Waals surface area contributed by atoms with E-state index in [-0.39, 0.29) is 66.8 Å². The minimum absolute atomic E-state index is 0. The fourth-order valence-corrected chi connectivity index (χ4v) is 4.68. The van der Waals surface area contributed by atoms with E-state index in [4.69, 9.17) is 28.6 Å². The SMILES string of the molecule is CC(C)COP(=O)(O)OC[C@H]1O[C@@H](n2ccc(N)nc2=O)C[C@@H]1OP(=O)(O)OCC(C)C.[Na]. The Morgan fingerprint density at radius 2 is 1.73 bits per heavy atom. The van der Waals surface area contributed by atoms with Gasteiger partial charge < -0.3 is 20.3 Å². The van der Waals surface area contributed by atoms with Crippen molar-refractivity contribution in [1.82, 2.24) is 9.55 Å². The van der Waals surface area contributed by atoms with Crippen LogP contribution in [0.2, 0.25) is 0 Å². The van der Waals surface area contributed by atoms with Gasteiger partial charge in [-0.05, 0) is 17.9 Å². The second-order valence-electron chi connectivity index (χ2n) is 8.16. The number of nitrogens with zero attached hydrogens (tertiary/aromatic N) is 2. The van der Waals surface area contributed by atoms with Crippen LogP contribution in [-0.4, -0.2) is 80.9 Å². The first-order chi connectivity index (χ1) is 14.8. The van der Waals surface area contributed by atoms with Gasteiger partial charge >= 0.3 is 21.3 Å². The molecule has 2 heterocycles. The summed E-state index contributed by atoms with van der Waals surface area (Å²) in [6.45, 7) is 6.63. The molecule has 1 aliphatic rings. The molecule has 4 N–H and O–H groups in total. The minimum atomic E-state index is -4.48. The predicted octanol–water partition coefficient (Wildman–Crippen LogP) is 1.68. The van der Waals surface area contributed by atoms with Crippen molar-refractivity contribution in [3.05, 3.63) is 22.7 Å². The van der Waals surface area contributed by atoms with Crippen LogP contribution in [0.5, 0.6) is 0 Å². The van der Waals surface area contributed by atoms with E-state index in [9.17, 15) is 23.7 Å². The third-order valence-electron chi connectivity index (χ3n) is 4.15. The molecule has 1 fully saturated rings. The van der Waals surface area contributed by atoms with E-state index in [0.29, 0.717) is 0 Å². The maximum atomic E-state index is 12.3. The van der Waals surface area contributed by atoms with Gasteiger partial charge in [-0.3, -0.25) is 22.7 Å². The molecular weight excluding hydrogens is 491 g/mol. The quantitative estimate of drug-likeness (QED) is 0.267. The smallest absolute Gasteiger partial charge is 0.383 e. The number of nitrogen functional groups attached to an aromatic ring is 1. The number of hydrogen-bond acceptors (Lipinski definition) is 10. The van der Waals surface area contributed by atoms with Gasteiger partial charge in [-0.2, -0.15) is 4.98 Å². The van der Waals surface area contributed by atoms with E-state index in [1.165, 1.54) is 12.3 Å². The number of rotatable bonds is 12. The summed E-state index contributed by atoms with van der Waals surface area (Å²) in [5, 5.41) is 0. The topological polar surface area (TPSA) is 182 Å². The van der Waals surface area contributed by atoms with Crippen molar-refractivity contribution in [2.75, 3.05) is 25.6 Å². The molecule has 185 valence electrons.